The maximum absolute atomic E-state index is 4.73. The minimum atomic E-state index is 0.823. The second-order valence-electron chi connectivity index (χ2n) is 4.46. The molecule has 2 aromatic rings. The Morgan fingerprint density at radius 1 is 1.20 bits per heavy atom. The van der Waals surface area contributed by atoms with Gasteiger partial charge in [-0.25, -0.2) is 4.99 Å². The van der Waals surface area contributed by atoms with E-state index in [-0.39, 0.29) is 0 Å². The highest BCUT2D eigenvalue weighted by atomic mass is 79.9. The average molecular weight is 348 g/mol. The number of hydrogen-bond acceptors (Lipinski definition) is 3. The van der Waals surface area contributed by atoms with Gasteiger partial charge in [0, 0.05) is 23.0 Å². The van der Waals surface area contributed by atoms with Crippen LogP contribution >= 0.6 is 27.7 Å². The number of benzene rings is 1. The largest absolute Gasteiger partial charge is 0.344 e. The number of halogens is 1. The topological polar surface area (TPSA) is 28.5 Å². The Kier molecular flexibility index (Phi) is 4.38. The van der Waals surface area contributed by atoms with Crippen molar-refractivity contribution in [2.24, 2.45) is 4.99 Å². The maximum atomic E-state index is 4.73. The fourth-order valence-corrected chi connectivity index (χ4v) is 3.26. The smallest absolute Gasteiger partial charge is 0.164 e. The lowest BCUT2D eigenvalue weighted by atomic mass is 10.3. The van der Waals surface area contributed by atoms with Gasteiger partial charge >= 0.3 is 0 Å². The van der Waals surface area contributed by atoms with Crippen LogP contribution in [0.25, 0.3) is 0 Å². The molecule has 3 nitrogen and oxygen atoms in total. The Hall–Kier alpha value is -1.33. The molecule has 0 spiro atoms. The van der Waals surface area contributed by atoms with Crippen molar-refractivity contribution in [1.82, 2.24) is 9.88 Å². The van der Waals surface area contributed by atoms with E-state index in [4.69, 9.17) is 4.99 Å². The second kappa shape index (κ2) is 6.41. The number of pyridine rings is 1. The number of rotatable bonds is 3. The van der Waals surface area contributed by atoms with Crippen LogP contribution in [-0.2, 0) is 6.54 Å². The molecule has 0 N–H and O–H groups in total. The van der Waals surface area contributed by atoms with Gasteiger partial charge in [-0.2, -0.15) is 0 Å². The molecule has 0 radical (unpaired) electrons. The molecule has 0 amide bonds. The molecule has 20 heavy (non-hydrogen) atoms. The summed E-state index contributed by atoms with van der Waals surface area (Å²) in [5, 5.41) is 1.08. The molecule has 0 atom stereocenters. The fraction of sp³-hybridized carbons (Fsp3) is 0.200. The average Bonchev–Trinajstić information content (AvgIpc) is 2.90. The van der Waals surface area contributed by atoms with Crippen molar-refractivity contribution in [3.8, 4) is 0 Å². The third kappa shape index (κ3) is 3.41. The van der Waals surface area contributed by atoms with Crippen LogP contribution in [0.15, 0.2) is 58.1 Å². The minimum Gasteiger partial charge on any atom is -0.344 e. The van der Waals surface area contributed by atoms with E-state index < -0.39 is 0 Å². The van der Waals surface area contributed by atoms with Crippen molar-refractivity contribution in [3.63, 3.8) is 0 Å². The first-order chi connectivity index (χ1) is 9.81. The van der Waals surface area contributed by atoms with E-state index in [1.807, 2.05) is 42.6 Å². The van der Waals surface area contributed by atoms with E-state index in [0.29, 0.717) is 0 Å². The summed E-state index contributed by atoms with van der Waals surface area (Å²) in [7, 11) is 0. The zero-order valence-electron chi connectivity index (χ0n) is 10.9. The fourth-order valence-electron chi connectivity index (χ4n) is 2.00. The predicted octanol–water partition coefficient (Wildman–Crippen LogP) is 4.08. The number of nitrogens with zero attached hydrogens (tertiary/aromatic N) is 3. The summed E-state index contributed by atoms with van der Waals surface area (Å²) in [6.07, 6.45) is 1.84. The molecular formula is C15H14BrN3S. The van der Waals surface area contributed by atoms with E-state index in [9.17, 15) is 0 Å². The van der Waals surface area contributed by atoms with Gasteiger partial charge in [0.05, 0.1) is 17.9 Å². The van der Waals surface area contributed by atoms with Crippen molar-refractivity contribution in [3.05, 3.63) is 58.8 Å². The number of aromatic nitrogens is 1. The Bertz CT molecular complexity index is 598. The van der Waals surface area contributed by atoms with Crippen molar-refractivity contribution in [1.29, 1.82) is 0 Å². The van der Waals surface area contributed by atoms with Crippen molar-refractivity contribution in [2.45, 2.75) is 6.54 Å². The zero-order chi connectivity index (χ0) is 13.8. The van der Waals surface area contributed by atoms with Gasteiger partial charge < -0.3 is 4.90 Å². The summed E-state index contributed by atoms with van der Waals surface area (Å²) in [5.41, 5.74) is 2.07. The number of hydrogen-bond donors (Lipinski definition) is 0. The van der Waals surface area contributed by atoms with Gasteiger partial charge in [0.1, 0.15) is 0 Å². The molecule has 102 valence electrons. The highest BCUT2D eigenvalue weighted by Gasteiger charge is 2.19. The van der Waals surface area contributed by atoms with Crippen molar-refractivity contribution < 1.29 is 0 Å². The van der Waals surface area contributed by atoms with Gasteiger partial charge in [-0.05, 0) is 36.4 Å². The van der Waals surface area contributed by atoms with Crippen molar-refractivity contribution >= 4 is 38.5 Å². The quantitative estimate of drug-likeness (QED) is 0.837. The van der Waals surface area contributed by atoms with Crippen LogP contribution in [0.1, 0.15) is 5.69 Å². The van der Waals surface area contributed by atoms with Crippen LogP contribution < -0.4 is 0 Å². The third-order valence-electron chi connectivity index (χ3n) is 2.99. The SMILES string of the molecule is Brc1ccc(N=C2SCCN2Cc2ccccn2)cc1. The molecule has 3 rings (SSSR count). The van der Waals surface area contributed by atoms with Gasteiger partial charge in [-0.15, -0.1) is 0 Å². The molecule has 0 aliphatic carbocycles. The molecule has 0 saturated carbocycles. The second-order valence-corrected chi connectivity index (χ2v) is 6.44. The zero-order valence-corrected chi connectivity index (χ0v) is 13.3. The first-order valence-corrected chi connectivity index (χ1v) is 8.21. The maximum Gasteiger partial charge on any atom is 0.164 e. The van der Waals surface area contributed by atoms with E-state index in [1.165, 1.54) is 0 Å². The first-order valence-electron chi connectivity index (χ1n) is 6.43. The van der Waals surface area contributed by atoms with E-state index in [0.717, 1.165) is 39.9 Å². The highest BCUT2D eigenvalue weighted by molar-refractivity contribution is 9.10. The van der Waals surface area contributed by atoms with Gasteiger partial charge in [-0.3, -0.25) is 4.98 Å². The van der Waals surface area contributed by atoms with Crippen LogP contribution in [0.3, 0.4) is 0 Å². The van der Waals surface area contributed by atoms with E-state index in [1.54, 1.807) is 11.8 Å². The lowest BCUT2D eigenvalue weighted by Crippen LogP contribution is -2.24. The summed E-state index contributed by atoms with van der Waals surface area (Å²) in [6, 6.07) is 14.1. The Labute approximate surface area is 131 Å². The van der Waals surface area contributed by atoms with Gasteiger partial charge in [0.2, 0.25) is 0 Å². The first kappa shape index (κ1) is 13.6. The van der Waals surface area contributed by atoms with Crippen LogP contribution in [-0.4, -0.2) is 27.3 Å². The van der Waals surface area contributed by atoms with E-state index >= 15 is 0 Å². The van der Waals surface area contributed by atoms with Crippen LogP contribution in [0.2, 0.25) is 0 Å². The molecule has 1 aliphatic rings. The van der Waals surface area contributed by atoms with Gasteiger partial charge in [0.25, 0.3) is 0 Å². The Morgan fingerprint density at radius 2 is 2.05 bits per heavy atom. The molecular weight excluding hydrogens is 334 g/mol. The number of thioether (sulfide) groups is 1. The minimum absolute atomic E-state index is 0.823. The summed E-state index contributed by atoms with van der Waals surface area (Å²) in [5.74, 6) is 1.09. The number of aliphatic imine (C=N–C) groups is 1. The standard InChI is InChI=1S/C15H14BrN3S/c16-12-4-6-13(7-5-12)18-15-19(9-10-20-15)11-14-3-1-2-8-17-14/h1-8H,9-11H2. The van der Waals surface area contributed by atoms with Gasteiger partial charge in [0.15, 0.2) is 5.17 Å². The molecule has 5 heteroatoms. The normalized spacial score (nSPS) is 16.9. The van der Waals surface area contributed by atoms with Gasteiger partial charge in [-0.1, -0.05) is 33.8 Å². The molecule has 1 aliphatic heterocycles. The summed E-state index contributed by atoms with van der Waals surface area (Å²) in [4.78, 5) is 11.4. The lowest BCUT2D eigenvalue weighted by molar-refractivity contribution is 0.450. The molecule has 0 unspecified atom stereocenters. The van der Waals surface area contributed by atoms with Crippen LogP contribution in [0.5, 0.6) is 0 Å². The predicted molar refractivity (Wildman–Crippen MR) is 88.3 cm³/mol. The molecule has 2 heterocycles. The highest BCUT2D eigenvalue weighted by Crippen LogP contribution is 2.24. The summed E-state index contributed by atoms with van der Waals surface area (Å²) in [6.45, 7) is 1.85. The van der Waals surface area contributed by atoms with Crippen LogP contribution in [0.4, 0.5) is 5.69 Å². The monoisotopic (exact) mass is 347 g/mol. The lowest BCUT2D eigenvalue weighted by Gasteiger charge is -2.17. The van der Waals surface area contributed by atoms with Crippen molar-refractivity contribution in [2.75, 3.05) is 12.3 Å². The number of amidine groups is 1. The molecule has 1 aromatic carbocycles. The molecule has 1 saturated heterocycles. The summed E-state index contributed by atoms with van der Waals surface area (Å²) >= 11 is 5.25. The van der Waals surface area contributed by atoms with Crippen LogP contribution in [0, 0.1) is 0 Å². The molecule has 1 fully saturated rings. The Balaban J connectivity index is 1.76. The Morgan fingerprint density at radius 3 is 2.80 bits per heavy atom. The summed E-state index contributed by atoms with van der Waals surface area (Å²) < 4.78 is 1.07. The third-order valence-corrected chi connectivity index (χ3v) is 4.52. The van der Waals surface area contributed by atoms with E-state index in [2.05, 4.69) is 31.9 Å². The molecule has 0 bridgehead atoms. The molecule has 1 aromatic heterocycles.